The Morgan fingerprint density at radius 2 is 1.79 bits per heavy atom. The molecule has 2 aromatic rings. The van der Waals surface area contributed by atoms with Crippen LogP contribution in [0, 0.1) is 0 Å². The molecule has 0 radical (unpaired) electrons. The van der Waals surface area contributed by atoms with E-state index < -0.39 is 0 Å². The van der Waals surface area contributed by atoms with Gasteiger partial charge in [-0.25, -0.2) is 9.98 Å². The van der Waals surface area contributed by atoms with Crippen molar-refractivity contribution in [3.8, 4) is 0 Å². The molecule has 160 valence electrons. The first-order valence-electron chi connectivity index (χ1n) is 10.5. The number of thiazole rings is 1. The second-order valence-electron chi connectivity index (χ2n) is 7.29. The topological polar surface area (TPSA) is 52.6 Å². The summed E-state index contributed by atoms with van der Waals surface area (Å²) in [5, 5.41) is 10.0. The summed E-state index contributed by atoms with van der Waals surface area (Å²) in [5.74, 6) is 0.839. The van der Waals surface area contributed by atoms with Gasteiger partial charge >= 0.3 is 0 Å². The second kappa shape index (κ2) is 13.2. The normalized spacial score (nSPS) is 15.0. The van der Waals surface area contributed by atoms with E-state index in [0.717, 1.165) is 31.2 Å². The highest BCUT2D eigenvalue weighted by Crippen LogP contribution is 2.14. The molecule has 29 heavy (non-hydrogen) atoms. The van der Waals surface area contributed by atoms with Crippen LogP contribution in [0.1, 0.15) is 54.9 Å². The van der Waals surface area contributed by atoms with Crippen LogP contribution in [0.2, 0.25) is 0 Å². The molecule has 0 saturated carbocycles. The van der Waals surface area contributed by atoms with Gasteiger partial charge in [0.05, 0.1) is 23.8 Å². The van der Waals surface area contributed by atoms with Crippen LogP contribution in [0.5, 0.6) is 0 Å². The molecule has 1 aliphatic heterocycles. The maximum absolute atomic E-state index is 4.73. The van der Waals surface area contributed by atoms with E-state index >= 15 is 0 Å². The van der Waals surface area contributed by atoms with Crippen molar-refractivity contribution in [1.82, 2.24) is 20.5 Å². The highest BCUT2D eigenvalue weighted by Gasteiger charge is 2.10. The zero-order chi connectivity index (χ0) is 19.6. The minimum Gasteiger partial charge on any atom is -0.357 e. The van der Waals surface area contributed by atoms with Crippen molar-refractivity contribution in [2.24, 2.45) is 4.99 Å². The predicted octanol–water partition coefficient (Wildman–Crippen LogP) is 4.56. The average Bonchev–Trinajstić information content (AvgIpc) is 3.20. The van der Waals surface area contributed by atoms with Gasteiger partial charge in [-0.3, -0.25) is 4.90 Å². The number of halogens is 1. The first-order valence-corrected chi connectivity index (χ1v) is 11.4. The van der Waals surface area contributed by atoms with Gasteiger partial charge < -0.3 is 10.6 Å². The zero-order valence-electron chi connectivity index (χ0n) is 17.6. The summed E-state index contributed by atoms with van der Waals surface area (Å²) in [5.41, 5.74) is 3.71. The third-order valence-electron chi connectivity index (χ3n) is 4.98. The Balaban J connectivity index is 0.00000300. The molecular weight excluding hydrogens is 493 g/mol. The van der Waals surface area contributed by atoms with Crippen LogP contribution < -0.4 is 10.6 Å². The fourth-order valence-corrected chi connectivity index (χ4v) is 4.15. The van der Waals surface area contributed by atoms with Crippen LogP contribution in [0.3, 0.4) is 0 Å². The summed E-state index contributed by atoms with van der Waals surface area (Å²) < 4.78 is 0. The maximum atomic E-state index is 4.73. The second-order valence-corrected chi connectivity index (χ2v) is 8.23. The number of aliphatic imine (C=N–C) groups is 1. The van der Waals surface area contributed by atoms with Crippen molar-refractivity contribution in [3.63, 3.8) is 0 Å². The number of benzene rings is 1. The molecule has 3 rings (SSSR count). The van der Waals surface area contributed by atoms with E-state index in [-0.39, 0.29) is 24.0 Å². The van der Waals surface area contributed by atoms with E-state index in [9.17, 15) is 0 Å². The Morgan fingerprint density at radius 1 is 1.07 bits per heavy atom. The molecule has 0 amide bonds. The number of aryl methyl sites for hydroxylation is 1. The van der Waals surface area contributed by atoms with Crippen molar-refractivity contribution in [1.29, 1.82) is 0 Å². The number of nitrogens with one attached hydrogen (secondary N) is 2. The fraction of sp³-hybridized carbons (Fsp3) is 0.545. The van der Waals surface area contributed by atoms with Crippen LogP contribution in [0.4, 0.5) is 0 Å². The molecule has 2 N–H and O–H groups in total. The van der Waals surface area contributed by atoms with Crippen molar-refractivity contribution in [2.75, 3.05) is 19.6 Å². The summed E-state index contributed by atoms with van der Waals surface area (Å²) >= 11 is 1.72. The summed E-state index contributed by atoms with van der Waals surface area (Å²) in [7, 11) is 0. The molecule has 1 fully saturated rings. The van der Waals surface area contributed by atoms with Gasteiger partial charge in [-0.15, -0.1) is 35.3 Å². The Hall–Kier alpha value is -1.19. The summed E-state index contributed by atoms with van der Waals surface area (Å²) in [4.78, 5) is 11.9. The lowest BCUT2D eigenvalue weighted by Crippen LogP contribution is -2.36. The number of likely N-dealkylation sites (tertiary alicyclic amines) is 1. The molecule has 1 saturated heterocycles. The average molecular weight is 528 g/mol. The lowest BCUT2D eigenvalue weighted by molar-refractivity contribution is 0.221. The van der Waals surface area contributed by atoms with Crippen molar-refractivity contribution in [2.45, 2.75) is 59.2 Å². The molecule has 1 aliphatic rings. The van der Waals surface area contributed by atoms with Crippen LogP contribution in [-0.2, 0) is 26.1 Å². The molecule has 1 aromatic heterocycles. The Labute approximate surface area is 196 Å². The van der Waals surface area contributed by atoms with Gasteiger partial charge in [0.15, 0.2) is 5.96 Å². The minimum absolute atomic E-state index is 0. The van der Waals surface area contributed by atoms with Gasteiger partial charge in [0.25, 0.3) is 0 Å². The number of rotatable bonds is 8. The van der Waals surface area contributed by atoms with Gasteiger partial charge in [0.2, 0.25) is 0 Å². The van der Waals surface area contributed by atoms with Crippen LogP contribution in [0.25, 0.3) is 0 Å². The fourth-order valence-electron chi connectivity index (χ4n) is 3.40. The Kier molecular flexibility index (Phi) is 10.9. The largest absolute Gasteiger partial charge is 0.357 e. The standard InChI is InChI=1S/C22H33N5S.HI/c1-3-21-26-20(17-28-21)15-25-22(23-4-2)24-14-18-8-10-19(11-9-18)16-27-12-6-5-7-13-27;/h8-11,17H,3-7,12-16H2,1-2H3,(H2,23,24,25);1H. The van der Waals surface area contributed by atoms with Crippen molar-refractivity contribution >= 4 is 41.3 Å². The maximum Gasteiger partial charge on any atom is 0.191 e. The first-order chi connectivity index (χ1) is 13.8. The van der Waals surface area contributed by atoms with Gasteiger partial charge in [-0.2, -0.15) is 0 Å². The van der Waals surface area contributed by atoms with Crippen molar-refractivity contribution in [3.05, 3.63) is 51.5 Å². The summed E-state index contributed by atoms with van der Waals surface area (Å²) in [6.45, 7) is 10.0. The van der Waals surface area contributed by atoms with Crippen LogP contribution in [0.15, 0.2) is 34.6 Å². The smallest absolute Gasteiger partial charge is 0.191 e. The Morgan fingerprint density at radius 3 is 2.45 bits per heavy atom. The molecule has 0 spiro atoms. The van der Waals surface area contributed by atoms with E-state index in [1.807, 2.05) is 0 Å². The number of aromatic nitrogens is 1. The minimum atomic E-state index is 0. The van der Waals surface area contributed by atoms with E-state index in [0.29, 0.717) is 13.1 Å². The number of guanidine groups is 1. The lowest BCUT2D eigenvalue weighted by atomic mass is 10.1. The van der Waals surface area contributed by atoms with E-state index in [1.165, 1.54) is 48.5 Å². The highest BCUT2D eigenvalue weighted by molar-refractivity contribution is 14.0. The molecule has 0 aliphatic carbocycles. The Bertz CT molecular complexity index is 738. The van der Waals surface area contributed by atoms with Gasteiger partial charge in [-0.05, 0) is 50.4 Å². The van der Waals surface area contributed by atoms with Crippen molar-refractivity contribution < 1.29 is 0 Å². The van der Waals surface area contributed by atoms with E-state index in [1.54, 1.807) is 11.3 Å². The van der Waals surface area contributed by atoms with Gasteiger partial charge in [-0.1, -0.05) is 37.6 Å². The molecule has 0 unspecified atom stereocenters. The van der Waals surface area contributed by atoms with Crippen LogP contribution in [-0.4, -0.2) is 35.5 Å². The molecule has 5 nitrogen and oxygen atoms in total. The monoisotopic (exact) mass is 527 g/mol. The zero-order valence-corrected chi connectivity index (χ0v) is 20.8. The third-order valence-corrected chi connectivity index (χ3v) is 6.02. The molecule has 7 heteroatoms. The lowest BCUT2D eigenvalue weighted by Gasteiger charge is -2.26. The molecule has 0 atom stereocenters. The molecule has 0 bridgehead atoms. The highest BCUT2D eigenvalue weighted by atomic mass is 127. The van der Waals surface area contributed by atoms with E-state index in [2.05, 4.69) is 64.0 Å². The summed E-state index contributed by atoms with van der Waals surface area (Å²) in [6, 6.07) is 8.92. The van der Waals surface area contributed by atoms with Gasteiger partial charge in [0, 0.05) is 18.5 Å². The quantitative estimate of drug-likeness (QED) is 0.300. The number of nitrogens with zero attached hydrogens (tertiary/aromatic N) is 3. The summed E-state index contributed by atoms with van der Waals surface area (Å²) in [6.07, 6.45) is 5.06. The predicted molar refractivity (Wildman–Crippen MR) is 134 cm³/mol. The third kappa shape index (κ3) is 8.22. The van der Waals surface area contributed by atoms with Crippen LogP contribution >= 0.6 is 35.3 Å². The SMILES string of the molecule is CCNC(=NCc1ccc(CN2CCCCC2)cc1)NCc1csc(CC)n1.I. The number of hydrogen-bond donors (Lipinski definition) is 2. The molecular formula is C22H34IN5S. The molecule has 1 aromatic carbocycles. The first kappa shape index (κ1) is 24.1. The number of piperidine rings is 1. The van der Waals surface area contributed by atoms with E-state index in [4.69, 9.17) is 4.99 Å². The van der Waals surface area contributed by atoms with Gasteiger partial charge in [0.1, 0.15) is 0 Å². The molecule has 2 heterocycles. The number of hydrogen-bond acceptors (Lipinski definition) is 4.